The van der Waals surface area contributed by atoms with Gasteiger partial charge in [0.15, 0.2) is 0 Å². The van der Waals surface area contributed by atoms with Crippen LogP contribution in [-0.4, -0.2) is 53.8 Å². The van der Waals surface area contributed by atoms with Crippen LogP contribution in [0.15, 0.2) is 0 Å². The minimum Gasteiger partial charge on any atom is -0.315 e. The fourth-order valence-electron chi connectivity index (χ4n) is 1.62. The first-order chi connectivity index (χ1) is 6.29. The highest BCUT2D eigenvalue weighted by molar-refractivity contribution is 7.84. The van der Waals surface area contributed by atoms with E-state index in [0.29, 0.717) is 0 Å². The van der Waals surface area contributed by atoms with Gasteiger partial charge in [-0.05, 0) is 32.5 Å². The minimum atomic E-state index is -0.617. The lowest BCUT2D eigenvalue weighted by Crippen LogP contribution is -2.29. The van der Waals surface area contributed by atoms with Crippen LogP contribution >= 0.6 is 0 Å². The lowest BCUT2D eigenvalue weighted by molar-refractivity contribution is 0.294. The van der Waals surface area contributed by atoms with Gasteiger partial charge in [0, 0.05) is 35.9 Å². The molecular formula is C9H20N2OS. The van der Waals surface area contributed by atoms with E-state index >= 15 is 0 Å². The molecule has 0 aliphatic carbocycles. The van der Waals surface area contributed by atoms with E-state index in [1.807, 2.05) is 0 Å². The van der Waals surface area contributed by atoms with Crippen LogP contribution in [0.1, 0.15) is 12.8 Å². The molecule has 0 amide bonds. The van der Waals surface area contributed by atoms with Crippen molar-refractivity contribution in [1.29, 1.82) is 0 Å². The Morgan fingerprint density at radius 1 is 1.38 bits per heavy atom. The van der Waals surface area contributed by atoms with E-state index in [1.54, 1.807) is 6.26 Å². The first-order valence-corrected chi connectivity index (χ1v) is 6.75. The highest BCUT2D eigenvalue weighted by Gasteiger charge is 2.07. The minimum absolute atomic E-state index is 0.617. The van der Waals surface area contributed by atoms with Crippen molar-refractivity contribution in [2.75, 3.05) is 44.7 Å². The Labute approximate surface area is 83.3 Å². The molecule has 0 radical (unpaired) electrons. The topological polar surface area (TPSA) is 32.3 Å². The molecule has 0 aromatic carbocycles. The summed E-state index contributed by atoms with van der Waals surface area (Å²) in [4.78, 5) is 2.47. The third-order valence-corrected chi connectivity index (χ3v) is 3.20. The molecule has 1 heterocycles. The normalized spacial score (nSPS) is 22.5. The van der Waals surface area contributed by atoms with Crippen LogP contribution < -0.4 is 5.32 Å². The standard InChI is InChI=1S/C9H20N2OS/c1-13(12)9-3-7-11-6-2-4-10-5-8-11/h10H,2-9H2,1H3. The fraction of sp³-hybridized carbons (Fsp3) is 1.00. The van der Waals surface area contributed by atoms with Crippen molar-refractivity contribution in [2.45, 2.75) is 12.8 Å². The van der Waals surface area contributed by atoms with Crippen molar-refractivity contribution in [1.82, 2.24) is 10.2 Å². The van der Waals surface area contributed by atoms with Gasteiger partial charge in [-0.15, -0.1) is 0 Å². The van der Waals surface area contributed by atoms with Crippen LogP contribution in [-0.2, 0) is 10.8 Å². The molecule has 13 heavy (non-hydrogen) atoms. The molecule has 1 N–H and O–H groups in total. The molecule has 0 bridgehead atoms. The molecule has 0 aromatic heterocycles. The Balaban J connectivity index is 2.08. The summed E-state index contributed by atoms with van der Waals surface area (Å²) >= 11 is 0. The van der Waals surface area contributed by atoms with Crippen molar-refractivity contribution in [3.63, 3.8) is 0 Å². The summed E-state index contributed by atoms with van der Waals surface area (Å²) in [7, 11) is -0.617. The van der Waals surface area contributed by atoms with E-state index in [9.17, 15) is 4.21 Å². The molecule has 1 unspecified atom stereocenters. The maximum absolute atomic E-state index is 10.8. The van der Waals surface area contributed by atoms with Gasteiger partial charge in [-0.3, -0.25) is 4.21 Å². The predicted octanol–water partition coefficient (Wildman–Crippen LogP) is 0.0503. The van der Waals surface area contributed by atoms with E-state index in [2.05, 4.69) is 10.2 Å². The van der Waals surface area contributed by atoms with Crippen molar-refractivity contribution < 1.29 is 4.21 Å². The molecule has 1 aliphatic rings. The number of rotatable bonds is 4. The second-order valence-electron chi connectivity index (χ2n) is 3.58. The lowest BCUT2D eigenvalue weighted by atomic mass is 10.3. The Morgan fingerprint density at radius 2 is 2.23 bits per heavy atom. The zero-order valence-electron chi connectivity index (χ0n) is 8.42. The SMILES string of the molecule is CS(=O)CCCN1CCCNCC1. The predicted molar refractivity (Wildman–Crippen MR) is 57.5 cm³/mol. The second-order valence-corrected chi connectivity index (χ2v) is 5.13. The van der Waals surface area contributed by atoms with Crippen LogP contribution in [0, 0.1) is 0 Å². The Morgan fingerprint density at radius 3 is 3.00 bits per heavy atom. The van der Waals surface area contributed by atoms with Crippen molar-refractivity contribution >= 4 is 10.8 Å². The Bertz CT molecular complexity index is 156. The fourth-order valence-corrected chi connectivity index (χ4v) is 2.15. The molecular weight excluding hydrogens is 184 g/mol. The van der Waals surface area contributed by atoms with Gasteiger partial charge < -0.3 is 10.2 Å². The summed E-state index contributed by atoms with van der Waals surface area (Å²) in [6, 6.07) is 0. The Hall–Kier alpha value is 0.0700. The highest BCUT2D eigenvalue weighted by atomic mass is 32.2. The summed E-state index contributed by atoms with van der Waals surface area (Å²) in [5.74, 6) is 0.851. The largest absolute Gasteiger partial charge is 0.315 e. The third kappa shape index (κ3) is 5.39. The van der Waals surface area contributed by atoms with Crippen LogP contribution in [0.3, 0.4) is 0 Å². The smallest absolute Gasteiger partial charge is 0.0244 e. The lowest BCUT2D eigenvalue weighted by Gasteiger charge is -2.18. The van der Waals surface area contributed by atoms with Crippen molar-refractivity contribution in [3.8, 4) is 0 Å². The first-order valence-electron chi connectivity index (χ1n) is 5.02. The van der Waals surface area contributed by atoms with Crippen LogP contribution in [0.25, 0.3) is 0 Å². The zero-order valence-corrected chi connectivity index (χ0v) is 9.24. The summed E-state index contributed by atoms with van der Waals surface area (Å²) in [6.07, 6.45) is 4.10. The quantitative estimate of drug-likeness (QED) is 0.702. The van der Waals surface area contributed by atoms with Crippen LogP contribution in [0.4, 0.5) is 0 Å². The maximum atomic E-state index is 10.8. The van der Waals surface area contributed by atoms with Crippen molar-refractivity contribution in [2.24, 2.45) is 0 Å². The number of nitrogens with zero attached hydrogens (tertiary/aromatic N) is 1. The molecule has 78 valence electrons. The summed E-state index contributed by atoms with van der Waals surface area (Å²) < 4.78 is 10.8. The van der Waals surface area contributed by atoms with E-state index in [-0.39, 0.29) is 0 Å². The average Bonchev–Trinajstić information content (AvgIpc) is 2.32. The van der Waals surface area contributed by atoms with Crippen molar-refractivity contribution in [3.05, 3.63) is 0 Å². The van der Waals surface area contributed by atoms with Gasteiger partial charge >= 0.3 is 0 Å². The van der Waals surface area contributed by atoms with E-state index in [0.717, 1.165) is 38.4 Å². The van der Waals surface area contributed by atoms with Crippen LogP contribution in [0.2, 0.25) is 0 Å². The Kier molecular flexibility index (Phi) is 5.58. The highest BCUT2D eigenvalue weighted by Crippen LogP contribution is 1.97. The molecule has 3 nitrogen and oxygen atoms in total. The van der Waals surface area contributed by atoms with Gasteiger partial charge in [0.2, 0.25) is 0 Å². The third-order valence-electron chi connectivity index (χ3n) is 2.34. The molecule has 1 aliphatic heterocycles. The monoisotopic (exact) mass is 204 g/mol. The maximum Gasteiger partial charge on any atom is 0.0244 e. The van der Waals surface area contributed by atoms with Gasteiger partial charge in [-0.2, -0.15) is 0 Å². The van der Waals surface area contributed by atoms with E-state index < -0.39 is 10.8 Å². The van der Waals surface area contributed by atoms with E-state index in [4.69, 9.17) is 0 Å². The van der Waals surface area contributed by atoms with Gasteiger partial charge in [-0.1, -0.05) is 0 Å². The molecule has 0 spiro atoms. The summed E-state index contributed by atoms with van der Waals surface area (Å²) in [5.41, 5.74) is 0. The van der Waals surface area contributed by atoms with Gasteiger partial charge in [0.1, 0.15) is 0 Å². The van der Waals surface area contributed by atoms with Gasteiger partial charge in [-0.25, -0.2) is 0 Å². The molecule has 4 heteroatoms. The number of nitrogens with one attached hydrogen (secondary N) is 1. The molecule has 1 fully saturated rings. The van der Waals surface area contributed by atoms with Gasteiger partial charge in [0.25, 0.3) is 0 Å². The zero-order chi connectivity index (χ0) is 9.52. The van der Waals surface area contributed by atoms with E-state index in [1.165, 1.54) is 13.0 Å². The molecule has 1 saturated heterocycles. The molecule has 1 rings (SSSR count). The summed E-state index contributed by atoms with van der Waals surface area (Å²) in [6.45, 7) is 5.71. The second kappa shape index (κ2) is 6.51. The number of hydrogen-bond donors (Lipinski definition) is 1. The molecule has 0 aromatic rings. The molecule has 0 saturated carbocycles. The summed E-state index contributed by atoms with van der Waals surface area (Å²) in [5, 5.41) is 3.37. The average molecular weight is 204 g/mol. The molecule has 1 atom stereocenters. The first kappa shape index (κ1) is 11.1. The van der Waals surface area contributed by atoms with Gasteiger partial charge in [0.05, 0.1) is 0 Å². The number of hydrogen-bond acceptors (Lipinski definition) is 3. The van der Waals surface area contributed by atoms with Crippen LogP contribution in [0.5, 0.6) is 0 Å².